The summed E-state index contributed by atoms with van der Waals surface area (Å²) in [5.74, 6) is -1.03. The molecule has 6 heteroatoms. The van der Waals surface area contributed by atoms with Crippen molar-refractivity contribution >= 4 is 11.6 Å². The van der Waals surface area contributed by atoms with Crippen LogP contribution in [0, 0.1) is 6.92 Å². The van der Waals surface area contributed by atoms with E-state index in [1.165, 1.54) is 19.1 Å². The summed E-state index contributed by atoms with van der Waals surface area (Å²) in [6.07, 6.45) is 1.11. The van der Waals surface area contributed by atoms with Crippen molar-refractivity contribution in [3.05, 3.63) is 52.9 Å². The first-order valence-electron chi connectivity index (χ1n) is 6.31. The van der Waals surface area contributed by atoms with E-state index in [2.05, 4.69) is 4.98 Å². The minimum absolute atomic E-state index is 0.0119. The van der Waals surface area contributed by atoms with Crippen LogP contribution in [0.2, 0.25) is 0 Å². The van der Waals surface area contributed by atoms with Crippen LogP contribution in [-0.2, 0) is 11.0 Å². The van der Waals surface area contributed by atoms with Crippen molar-refractivity contribution in [3.63, 3.8) is 0 Å². The summed E-state index contributed by atoms with van der Waals surface area (Å²) in [7, 11) is 0. The van der Waals surface area contributed by atoms with Gasteiger partial charge >= 0.3 is 6.18 Å². The van der Waals surface area contributed by atoms with Gasteiger partial charge in [0.25, 0.3) is 0 Å². The van der Waals surface area contributed by atoms with Gasteiger partial charge in [-0.05, 0) is 38.0 Å². The van der Waals surface area contributed by atoms with Gasteiger partial charge in [0, 0.05) is 11.3 Å². The lowest BCUT2D eigenvalue weighted by Crippen LogP contribution is -2.15. The second kappa shape index (κ2) is 5.63. The molecule has 21 heavy (non-hydrogen) atoms. The number of nitrogens with zero attached hydrogens (tertiary/aromatic N) is 1. The molecule has 110 valence electrons. The van der Waals surface area contributed by atoms with E-state index in [0.717, 1.165) is 12.1 Å². The first kappa shape index (κ1) is 15.2. The predicted molar refractivity (Wildman–Crippen MR) is 69.8 cm³/mol. The van der Waals surface area contributed by atoms with Gasteiger partial charge in [-0.3, -0.25) is 9.59 Å². The quantitative estimate of drug-likeness (QED) is 0.620. The number of aromatic nitrogens is 1. The SMILES string of the molecule is Cc1nc(C(F)(F)F)ccc1C(=O)C1=CCCC=CC1=O. The van der Waals surface area contributed by atoms with Crippen molar-refractivity contribution in [2.45, 2.75) is 25.9 Å². The van der Waals surface area contributed by atoms with Gasteiger partial charge in [-0.15, -0.1) is 0 Å². The van der Waals surface area contributed by atoms with Crippen molar-refractivity contribution in [2.75, 3.05) is 0 Å². The first-order valence-corrected chi connectivity index (χ1v) is 6.31. The number of hydrogen-bond donors (Lipinski definition) is 0. The molecular formula is C15H12F3NO2. The molecule has 0 spiro atoms. The Hall–Kier alpha value is -2.24. The summed E-state index contributed by atoms with van der Waals surface area (Å²) in [6, 6.07) is 1.81. The van der Waals surface area contributed by atoms with Crippen LogP contribution in [0.1, 0.15) is 34.6 Å². The topological polar surface area (TPSA) is 47.0 Å². The van der Waals surface area contributed by atoms with Crippen molar-refractivity contribution in [1.82, 2.24) is 4.98 Å². The minimum Gasteiger partial charge on any atom is -0.289 e. The number of rotatable bonds is 2. The van der Waals surface area contributed by atoms with E-state index in [9.17, 15) is 22.8 Å². The first-order chi connectivity index (χ1) is 9.80. The molecule has 0 saturated heterocycles. The van der Waals surface area contributed by atoms with Gasteiger partial charge in [-0.2, -0.15) is 13.2 Å². The number of aryl methyl sites for hydroxylation is 1. The molecule has 1 heterocycles. The lowest BCUT2D eigenvalue weighted by atomic mass is 9.98. The van der Waals surface area contributed by atoms with Crippen molar-refractivity contribution in [3.8, 4) is 0 Å². The summed E-state index contributed by atoms with van der Waals surface area (Å²) < 4.78 is 37.6. The van der Waals surface area contributed by atoms with Gasteiger partial charge in [0.2, 0.25) is 0 Å². The second-order valence-electron chi connectivity index (χ2n) is 4.62. The lowest BCUT2D eigenvalue weighted by Gasteiger charge is -2.10. The third-order valence-corrected chi connectivity index (χ3v) is 3.08. The number of Topliss-reactive ketones (excluding diaryl/α,β-unsaturated/α-hetero) is 1. The molecule has 0 N–H and O–H groups in total. The molecule has 0 atom stereocenters. The molecule has 1 aliphatic carbocycles. The highest BCUT2D eigenvalue weighted by Crippen LogP contribution is 2.28. The number of carbonyl (C=O) groups excluding carboxylic acids is 2. The molecule has 0 bridgehead atoms. The molecule has 0 aliphatic heterocycles. The summed E-state index contributed by atoms with van der Waals surface area (Å²) in [5, 5.41) is 0. The fourth-order valence-corrected chi connectivity index (χ4v) is 2.01. The Morgan fingerprint density at radius 1 is 1.24 bits per heavy atom. The number of hydrogen-bond acceptors (Lipinski definition) is 3. The van der Waals surface area contributed by atoms with Crippen LogP contribution < -0.4 is 0 Å². The fourth-order valence-electron chi connectivity index (χ4n) is 2.01. The van der Waals surface area contributed by atoms with Crippen LogP contribution in [0.25, 0.3) is 0 Å². The number of halogens is 3. The molecule has 2 rings (SSSR count). The zero-order chi connectivity index (χ0) is 15.6. The average Bonchev–Trinajstić information content (AvgIpc) is 2.61. The number of carbonyl (C=O) groups is 2. The third kappa shape index (κ3) is 3.26. The second-order valence-corrected chi connectivity index (χ2v) is 4.62. The molecule has 3 nitrogen and oxygen atoms in total. The molecular weight excluding hydrogens is 283 g/mol. The van der Waals surface area contributed by atoms with Gasteiger partial charge in [0.05, 0.1) is 5.57 Å². The van der Waals surface area contributed by atoms with Crippen LogP contribution in [0.5, 0.6) is 0 Å². The highest BCUT2D eigenvalue weighted by atomic mass is 19.4. The van der Waals surface area contributed by atoms with Crippen LogP contribution in [0.3, 0.4) is 0 Å². The molecule has 0 aromatic carbocycles. The van der Waals surface area contributed by atoms with E-state index in [1.54, 1.807) is 6.08 Å². The largest absolute Gasteiger partial charge is 0.433 e. The van der Waals surface area contributed by atoms with E-state index < -0.39 is 23.4 Å². The normalized spacial score (nSPS) is 15.6. The highest BCUT2D eigenvalue weighted by Gasteiger charge is 2.33. The Bertz CT molecular complexity index is 657. The maximum Gasteiger partial charge on any atom is 0.433 e. The predicted octanol–water partition coefficient (Wildman–Crippen LogP) is 3.44. The number of pyridine rings is 1. The molecule has 0 unspecified atom stereocenters. The van der Waals surface area contributed by atoms with Gasteiger partial charge in [-0.25, -0.2) is 4.98 Å². The Morgan fingerprint density at radius 3 is 2.57 bits per heavy atom. The number of allylic oxidation sites excluding steroid dienone is 4. The van der Waals surface area contributed by atoms with Crippen LogP contribution in [0.15, 0.2) is 35.9 Å². The van der Waals surface area contributed by atoms with E-state index in [-0.39, 0.29) is 16.8 Å². The molecule has 0 radical (unpaired) electrons. The van der Waals surface area contributed by atoms with Crippen molar-refractivity contribution < 1.29 is 22.8 Å². The van der Waals surface area contributed by atoms with Crippen LogP contribution >= 0.6 is 0 Å². The van der Waals surface area contributed by atoms with Crippen molar-refractivity contribution in [1.29, 1.82) is 0 Å². The standard InChI is InChI=1S/C15H12F3NO2/c1-9-10(7-8-13(19-9)15(16,17)18)14(21)11-5-3-2-4-6-12(11)20/h4-8H,2-3H2,1H3. The zero-order valence-corrected chi connectivity index (χ0v) is 11.2. The van der Waals surface area contributed by atoms with E-state index in [0.29, 0.717) is 12.8 Å². The smallest absolute Gasteiger partial charge is 0.289 e. The van der Waals surface area contributed by atoms with E-state index in [4.69, 9.17) is 0 Å². The van der Waals surface area contributed by atoms with Crippen LogP contribution in [-0.4, -0.2) is 16.6 Å². The van der Waals surface area contributed by atoms with Crippen molar-refractivity contribution in [2.24, 2.45) is 0 Å². The Kier molecular flexibility index (Phi) is 4.06. The molecule has 1 aromatic rings. The summed E-state index contributed by atoms with van der Waals surface area (Å²) in [6.45, 7) is 1.32. The highest BCUT2D eigenvalue weighted by molar-refractivity contribution is 6.29. The monoisotopic (exact) mass is 295 g/mol. The molecule has 0 amide bonds. The summed E-state index contributed by atoms with van der Waals surface area (Å²) in [5.41, 5.74) is -1.11. The van der Waals surface area contributed by atoms with Crippen LogP contribution in [0.4, 0.5) is 13.2 Å². The Balaban J connectivity index is 2.38. The molecule has 1 aromatic heterocycles. The van der Waals surface area contributed by atoms with Gasteiger partial charge in [0.15, 0.2) is 11.6 Å². The number of ketones is 2. The molecule has 0 fully saturated rings. The van der Waals surface area contributed by atoms with Gasteiger partial charge in [0.1, 0.15) is 5.69 Å². The Morgan fingerprint density at radius 2 is 1.95 bits per heavy atom. The number of alkyl halides is 3. The third-order valence-electron chi connectivity index (χ3n) is 3.08. The van der Waals surface area contributed by atoms with E-state index in [1.807, 2.05) is 0 Å². The zero-order valence-electron chi connectivity index (χ0n) is 11.2. The lowest BCUT2D eigenvalue weighted by molar-refractivity contribution is -0.141. The fraction of sp³-hybridized carbons (Fsp3) is 0.267. The molecule has 1 aliphatic rings. The minimum atomic E-state index is -4.56. The maximum absolute atomic E-state index is 12.5. The average molecular weight is 295 g/mol. The van der Waals surface area contributed by atoms with Gasteiger partial charge < -0.3 is 0 Å². The van der Waals surface area contributed by atoms with Gasteiger partial charge in [-0.1, -0.05) is 12.2 Å². The molecule has 0 saturated carbocycles. The summed E-state index contributed by atoms with van der Waals surface area (Å²) >= 11 is 0. The summed E-state index contributed by atoms with van der Waals surface area (Å²) in [4.78, 5) is 27.5. The maximum atomic E-state index is 12.5. The van der Waals surface area contributed by atoms with E-state index >= 15 is 0 Å². The Labute approximate surface area is 119 Å².